The highest BCUT2D eigenvalue weighted by Crippen LogP contribution is 2.13. The van der Waals surface area contributed by atoms with E-state index in [2.05, 4.69) is 15.5 Å². The topological polar surface area (TPSA) is 90.8 Å². The molecule has 0 fully saturated rings. The molecule has 2 aromatic heterocycles. The summed E-state index contributed by atoms with van der Waals surface area (Å²) < 4.78 is 3.20. The Kier molecular flexibility index (Phi) is 3.05. The molecule has 0 aliphatic rings. The van der Waals surface area contributed by atoms with Crippen LogP contribution in [0.5, 0.6) is 0 Å². The van der Waals surface area contributed by atoms with Crippen molar-refractivity contribution in [2.75, 3.05) is 5.73 Å². The minimum absolute atomic E-state index is 0.146. The van der Waals surface area contributed by atoms with E-state index in [1.54, 1.807) is 24.1 Å². The Bertz CT molecular complexity index is 570. The van der Waals surface area contributed by atoms with Crippen molar-refractivity contribution in [3.05, 3.63) is 29.8 Å². The number of hydrogen-bond donors (Lipinski definition) is 2. The Labute approximate surface area is 105 Å². The molecule has 2 aromatic rings. The maximum absolute atomic E-state index is 12.0. The molecule has 7 nitrogen and oxygen atoms in total. The van der Waals surface area contributed by atoms with E-state index in [0.29, 0.717) is 5.69 Å². The van der Waals surface area contributed by atoms with Crippen molar-refractivity contribution in [1.82, 2.24) is 24.9 Å². The zero-order valence-corrected chi connectivity index (χ0v) is 10.6. The molecule has 0 saturated carbocycles. The van der Waals surface area contributed by atoms with Gasteiger partial charge in [0.05, 0.1) is 17.9 Å². The van der Waals surface area contributed by atoms with Gasteiger partial charge in [0.25, 0.3) is 5.91 Å². The van der Waals surface area contributed by atoms with E-state index in [1.165, 1.54) is 4.68 Å². The molecule has 0 aliphatic heterocycles. The summed E-state index contributed by atoms with van der Waals surface area (Å²) in [6.45, 7) is 1.88. The van der Waals surface area contributed by atoms with Crippen molar-refractivity contribution in [3.63, 3.8) is 0 Å². The molecule has 0 bridgehead atoms. The first-order valence-electron chi connectivity index (χ1n) is 5.56. The van der Waals surface area contributed by atoms with Crippen LogP contribution in [0.25, 0.3) is 0 Å². The van der Waals surface area contributed by atoms with E-state index in [-0.39, 0.29) is 17.6 Å². The maximum atomic E-state index is 12.0. The predicted octanol–water partition coefficient (Wildman–Crippen LogP) is 0.227. The average Bonchev–Trinajstić information content (AvgIpc) is 2.84. The summed E-state index contributed by atoms with van der Waals surface area (Å²) in [5.41, 5.74) is 7.24. The molecule has 2 rings (SSSR count). The first kappa shape index (κ1) is 12.2. The molecule has 1 atom stereocenters. The van der Waals surface area contributed by atoms with Crippen molar-refractivity contribution < 1.29 is 4.79 Å². The van der Waals surface area contributed by atoms with Crippen molar-refractivity contribution in [2.45, 2.75) is 13.0 Å². The number of carbonyl (C=O) groups excluding carboxylic acids is 1. The molecule has 1 amide bonds. The van der Waals surface area contributed by atoms with Crippen molar-refractivity contribution in [3.8, 4) is 0 Å². The summed E-state index contributed by atoms with van der Waals surface area (Å²) in [4.78, 5) is 12.0. The molecule has 3 N–H and O–H groups in total. The molecule has 0 aromatic carbocycles. The second-order valence-electron chi connectivity index (χ2n) is 4.25. The minimum atomic E-state index is -0.288. The lowest BCUT2D eigenvalue weighted by molar-refractivity contribution is 0.0935. The van der Waals surface area contributed by atoms with Crippen LogP contribution in [0.3, 0.4) is 0 Å². The Morgan fingerprint density at radius 3 is 2.61 bits per heavy atom. The van der Waals surface area contributed by atoms with Gasteiger partial charge in [-0.05, 0) is 6.92 Å². The number of anilines is 1. The van der Waals surface area contributed by atoms with Crippen LogP contribution in [-0.4, -0.2) is 25.5 Å². The van der Waals surface area contributed by atoms with Gasteiger partial charge in [-0.1, -0.05) is 0 Å². The van der Waals surface area contributed by atoms with E-state index in [0.717, 1.165) is 5.56 Å². The van der Waals surface area contributed by atoms with Crippen LogP contribution in [-0.2, 0) is 14.1 Å². The van der Waals surface area contributed by atoms with Gasteiger partial charge in [-0.3, -0.25) is 14.2 Å². The second-order valence-corrected chi connectivity index (χ2v) is 4.25. The number of amides is 1. The van der Waals surface area contributed by atoms with Crippen LogP contribution in [0.2, 0.25) is 0 Å². The van der Waals surface area contributed by atoms with Crippen LogP contribution in [0.1, 0.15) is 29.0 Å². The summed E-state index contributed by atoms with van der Waals surface area (Å²) in [6, 6.07) is -0.146. The monoisotopic (exact) mass is 248 g/mol. The number of nitrogens with zero attached hydrogens (tertiary/aromatic N) is 4. The Morgan fingerprint density at radius 1 is 1.39 bits per heavy atom. The smallest absolute Gasteiger partial charge is 0.274 e. The van der Waals surface area contributed by atoms with Gasteiger partial charge in [-0.15, -0.1) is 0 Å². The van der Waals surface area contributed by atoms with Crippen LogP contribution >= 0.6 is 0 Å². The van der Waals surface area contributed by atoms with Crippen LogP contribution in [0, 0.1) is 0 Å². The summed E-state index contributed by atoms with van der Waals surface area (Å²) in [6.07, 6.45) is 5.17. The van der Waals surface area contributed by atoms with Crippen LogP contribution in [0.4, 0.5) is 5.69 Å². The molecule has 96 valence electrons. The van der Waals surface area contributed by atoms with E-state index in [4.69, 9.17) is 5.73 Å². The van der Waals surface area contributed by atoms with Gasteiger partial charge in [0, 0.05) is 32.1 Å². The third-order valence-corrected chi connectivity index (χ3v) is 2.64. The number of nitrogens with one attached hydrogen (secondary N) is 1. The normalized spacial score (nSPS) is 12.4. The van der Waals surface area contributed by atoms with Crippen molar-refractivity contribution in [2.24, 2.45) is 14.1 Å². The molecular weight excluding hydrogens is 232 g/mol. The SMILES string of the molecule is CC(NC(=O)c1nn(C)cc1N)c1cnn(C)c1. The summed E-state index contributed by atoms with van der Waals surface area (Å²) in [5, 5.41) is 10.9. The molecule has 2 heterocycles. The van der Waals surface area contributed by atoms with Gasteiger partial charge in [0.2, 0.25) is 0 Å². The molecule has 0 saturated heterocycles. The quantitative estimate of drug-likeness (QED) is 0.813. The third-order valence-electron chi connectivity index (χ3n) is 2.64. The standard InChI is InChI=1S/C11H16N6O/c1-7(8-4-13-16(2)5-8)14-11(18)10-9(12)6-17(3)15-10/h4-7H,12H2,1-3H3,(H,14,18). The summed E-state index contributed by atoms with van der Waals surface area (Å²) in [7, 11) is 3.55. The number of rotatable bonds is 3. The van der Waals surface area contributed by atoms with E-state index < -0.39 is 0 Å². The maximum Gasteiger partial charge on any atom is 0.274 e. The van der Waals surface area contributed by atoms with Gasteiger partial charge >= 0.3 is 0 Å². The number of carbonyl (C=O) groups is 1. The molecule has 0 radical (unpaired) electrons. The van der Waals surface area contributed by atoms with Crippen molar-refractivity contribution >= 4 is 11.6 Å². The largest absolute Gasteiger partial charge is 0.396 e. The van der Waals surface area contributed by atoms with Gasteiger partial charge in [0.15, 0.2) is 5.69 Å². The van der Waals surface area contributed by atoms with Gasteiger partial charge in [-0.2, -0.15) is 10.2 Å². The van der Waals surface area contributed by atoms with Crippen LogP contribution in [0.15, 0.2) is 18.6 Å². The lowest BCUT2D eigenvalue weighted by Crippen LogP contribution is -2.27. The lowest BCUT2D eigenvalue weighted by Gasteiger charge is -2.10. The number of aromatic nitrogens is 4. The van der Waals surface area contributed by atoms with Gasteiger partial charge in [0.1, 0.15) is 0 Å². The lowest BCUT2D eigenvalue weighted by atomic mass is 10.2. The fraction of sp³-hybridized carbons (Fsp3) is 0.364. The fourth-order valence-corrected chi connectivity index (χ4v) is 1.70. The van der Waals surface area contributed by atoms with Gasteiger partial charge in [-0.25, -0.2) is 0 Å². The van der Waals surface area contributed by atoms with E-state index in [1.807, 2.05) is 20.2 Å². The predicted molar refractivity (Wildman–Crippen MR) is 66.7 cm³/mol. The molecule has 0 spiro atoms. The van der Waals surface area contributed by atoms with Crippen LogP contribution < -0.4 is 11.1 Å². The minimum Gasteiger partial charge on any atom is -0.396 e. The zero-order chi connectivity index (χ0) is 13.3. The number of nitrogens with two attached hydrogens (primary N) is 1. The molecule has 0 aliphatic carbocycles. The number of aryl methyl sites for hydroxylation is 2. The average molecular weight is 248 g/mol. The highest BCUT2D eigenvalue weighted by atomic mass is 16.2. The van der Waals surface area contributed by atoms with E-state index >= 15 is 0 Å². The molecular formula is C11H16N6O. The number of nitrogen functional groups attached to an aromatic ring is 1. The molecule has 1 unspecified atom stereocenters. The second kappa shape index (κ2) is 4.52. The van der Waals surface area contributed by atoms with E-state index in [9.17, 15) is 4.79 Å². The highest BCUT2D eigenvalue weighted by Gasteiger charge is 2.17. The fourth-order valence-electron chi connectivity index (χ4n) is 1.70. The Morgan fingerprint density at radius 2 is 2.11 bits per heavy atom. The first-order chi connectivity index (χ1) is 8.47. The van der Waals surface area contributed by atoms with Gasteiger partial charge < -0.3 is 11.1 Å². The summed E-state index contributed by atoms with van der Waals surface area (Å²) in [5.74, 6) is -0.288. The first-order valence-corrected chi connectivity index (χ1v) is 5.56. The Balaban J connectivity index is 2.10. The Hall–Kier alpha value is -2.31. The zero-order valence-electron chi connectivity index (χ0n) is 10.6. The molecule has 18 heavy (non-hydrogen) atoms. The third kappa shape index (κ3) is 2.34. The molecule has 7 heteroatoms. The van der Waals surface area contributed by atoms with Crippen molar-refractivity contribution in [1.29, 1.82) is 0 Å². The highest BCUT2D eigenvalue weighted by molar-refractivity contribution is 5.97. The summed E-state index contributed by atoms with van der Waals surface area (Å²) >= 11 is 0. The number of hydrogen-bond acceptors (Lipinski definition) is 4.